The number of hydrogen-bond acceptors (Lipinski definition) is 7. The fourth-order valence-corrected chi connectivity index (χ4v) is 4.23. The van der Waals surface area contributed by atoms with Gasteiger partial charge in [-0.3, -0.25) is 14.6 Å². The number of nitrogens with zero attached hydrogens (tertiary/aromatic N) is 4. The van der Waals surface area contributed by atoms with Gasteiger partial charge in [0.05, 0.1) is 19.2 Å². The number of methoxy groups -OCH3 is 1. The van der Waals surface area contributed by atoms with Gasteiger partial charge in [0, 0.05) is 32.8 Å². The maximum absolute atomic E-state index is 13.5. The first-order chi connectivity index (χ1) is 17.0. The minimum atomic E-state index is -0.377. The first kappa shape index (κ1) is 22.7. The molecule has 0 aliphatic rings. The predicted molar refractivity (Wildman–Crippen MR) is 133 cm³/mol. The third-order valence-electron chi connectivity index (χ3n) is 5.71. The number of hydrogen-bond donors (Lipinski definition) is 0. The molecule has 0 aliphatic carbocycles. The van der Waals surface area contributed by atoms with Crippen LogP contribution in [-0.4, -0.2) is 38.4 Å². The van der Waals surface area contributed by atoms with E-state index in [9.17, 15) is 9.59 Å². The topological polar surface area (TPSA) is 100 Å². The zero-order valence-electron chi connectivity index (χ0n) is 18.9. The highest BCUT2D eigenvalue weighted by Crippen LogP contribution is 2.32. The van der Waals surface area contributed by atoms with Crippen molar-refractivity contribution in [2.75, 3.05) is 7.11 Å². The first-order valence-electron chi connectivity index (χ1n) is 10.7. The largest absolute Gasteiger partial charge is 0.497 e. The van der Waals surface area contributed by atoms with Crippen LogP contribution in [0.25, 0.3) is 22.5 Å². The molecule has 0 spiro atoms. The summed E-state index contributed by atoms with van der Waals surface area (Å²) in [5.74, 6) is 0.135. The van der Waals surface area contributed by atoms with Gasteiger partial charge in [0.1, 0.15) is 11.4 Å². The molecule has 3 aromatic heterocycles. The van der Waals surface area contributed by atoms with Crippen LogP contribution in [0.5, 0.6) is 5.75 Å². The molecule has 3 heterocycles. The minimum absolute atomic E-state index is 0.0773. The number of ketones is 2. The quantitative estimate of drug-likeness (QED) is 0.264. The number of carbonyl (C=O) groups is 2. The van der Waals surface area contributed by atoms with Crippen molar-refractivity contribution in [2.45, 2.75) is 13.5 Å². The van der Waals surface area contributed by atoms with Crippen LogP contribution in [0.15, 0.2) is 75.8 Å². The normalized spacial score (nSPS) is 11.1. The number of fused-ring (bicyclic) bond motifs is 1. The first-order valence-corrected chi connectivity index (χ1v) is 11.5. The van der Waals surface area contributed by atoms with E-state index in [-0.39, 0.29) is 29.9 Å². The number of Topliss-reactive ketones (excluding diaryl/α,β-unsaturated/α-hetero) is 1. The van der Waals surface area contributed by atoms with Gasteiger partial charge in [-0.1, -0.05) is 22.0 Å². The Morgan fingerprint density at radius 1 is 1.06 bits per heavy atom. The molecule has 0 fully saturated rings. The molecule has 174 valence electrons. The average Bonchev–Trinajstić information content (AvgIpc) is 3.48. The predicted octanol–water partition coefficient (Wildman–Crippen LogP) is 5.28. The number of pyridine rings is 1. The number of aromatic nitrogens is 4. The number of halogens is 1. The SMILES string of the molecule is COc1ccc2c(c1)c(C(=O)c1ccc(Br)cc1)c(C)n2CC(=O)c1nnc(-c2ccccn2)o1. The van der Waals surface area contributed by atoms with Crippen molar-refractivity contribution in [2.24, 2.45) is 0 Å². The number of benzene rings is 2. The van der Waals surface area contributed by atoms with Crippen molar-refractivity contribution in [3.63, 3.8) is 0 Å². The molecule has 0 radical (unpaired) electrons. The maximum Gasteiger partial charge on any atom is 0.286 e. The van der Waals surface area contributed by atoms with E-state index < -0.39 is 0 Å². The van der Waals surface area contributed by atoms with Crippen molar-refractivity contribution < 1.29 is 18.7 Å². The summed E-state index contributed by atoms with van der Waals surface area (Å²) in [5.41, 5.74) is 2.91. The average molecular weight is 531 g/mol. The molecule has 2 aromatic carbocycles. The standard InChI is InChI=1S/C26H19BrN4O4/c1-15-23(24(33)16-6-8-17(27)9-7-16)19-13-18(34-2)10-11-21(19)31(15)14-22(32)26-30-29-25(35-26)20-5-3-4-12-28-20/h3-13H,14H2,1-2H3. The zero-order chi connectivity index (χ0) is 24.5. The molecule has 5 rings (SSSR count). The van der Waals surface area contributed by atoms with Crippen LogP contribution in [0.2, 0.25) is 0 Å². The van der Waals surface area contributed by atoms with Crippen LogP contribution in [0.3, 0.4) is 0 Å². The van der Waals surface area contributed by atoms with E-state index >= 15 is 0 Å². The van der Waals surface area contributed by atoms with Gasteiger partial charge in [-0.25, -0.2) is 0 Å². The number of carbonyl (C=O) groups excluding carboxylic acids is 2. The fourth-order valence-electron chi connectivity index (χ4n) is 3.96. The van der Waals surface area contributed by atoms with Gasteiger partial charge in [0.2, 0.25) is 5.78 Å². The Labute approximate surface area is 208 Å². The molecular formula is C26H19BrN4O4. The molecule has 9 heteroatoms. The van der Waals surface area contributed by atoms with E-state index in [0.29, 0.717) is 33.7 Å². The van der Waals surface area contributed by atoms with Crippen molar-refractivity contribution >= 4 is 38.4 Å². The molecule has 0 saturated heterocycles. The Morgan fingerprint density at radius 2 is 1.86 bits per heavy atom. The van der Waals surface area contributed by atoms with Crippen LogP contribution in [-0.2, 0) is 6.54 Å². The summed E-state index contributed by atoms with van der Waals surface area (Å²) in [4.78, 5) is 30.8. The molecule has 35 heavy (non-hydrogen) atoms. The van der Waals surface area contributed by atoms with Gasteiger partial charge in [0.25, 0.3) is 11.8 Å². The Hall–Kier alpha value is -4.11. The molecule has 0 N–H and O–H groups in total. The van der Waals surface area contributed by atoms with E-state index in [1.165, 1.54) is 0 Å². The number of rotatable bonds is 7. The second-order valence-corrected chi connectivity index (χ2v) is 8.73. The van der Waals surface area contributed by atoms with Crippen LogP contribution >= 0.6 is 15.9 Å². The highest BCUT2D eigenvalue weighted by molar-refractivity contribution is 9.10. The van der Waals surface area contributed by atoms with Gasteiger partial charge in [0.15, 0.2) is 5.78 Å². The Balaban J connectivity index is 1.55. The minimum Gasteiger partial charge on any atom is -0.497 e. The Morgan fingerprint density at radius 3 is 2.57 bits per heavy atom. The molecule has 8 nitrogen and oxygen atoms in total. The van der Waals surface area contributed by atoms with Crippen molar-refractivity contribution in [3.05, 3.63) is 94.0 Å². The molecule has 0 amide bonds. The second-order valence-electron chi connectivity index (χ2n) is 7.82. The lowest BCUT2D eigenvalue weighted by Gasteiger charge is -2.07. The summed E-state index contributed by atoms with van der Waals surface area (Å²) >= 11 is 3.40. The monoisotopic (exact) mass is 530 g/mol. The Bertz CT molecular complexity index is 1560. The summed E-state index contributed by atoms with van der Waals surface area (Å²) < 4.78 is 13.6. The van der Waals surface area contributed by atoms with Gasteiger partial charge in [-0.15, -0.1) is 10.2 Å². The highest BCUT2D eigenvalue weighted by Gasteiger charge is 2.25. The Kier molecular flexibility index (Phi) is 6.00. The van der Waals surface area contributed by atoms with E-state index in [4.69, 9.17) is 9.15 Å². The second kappa shape index (κ2) is 9.27. The lowest BCUT2D eigenvalue weighted by Crippen LogP contribution is -2.13. The van der Waals surface area contributed by atoms with Gasteiger partial charge >= 0.3 is 0 Å². The molecular weight excluding hydrogens is 512 g/mol. The van der Waals surface area contributed by atoms with Gasteiger partial charge < -0.3 is 13.7 Å². The molecule has 0 bridgehead atoms. The van der Waals surface area contributed by atoms with Crippen molar-refractivity contribution in [3.8, 4) is 17.3 Å². The third kappa shape index (κ3) is 4.26. The molecule has 0 unspecified atom stereocenters. The summed E-state index contributed by atoms with van der Waals surface area (Å²) in [7, 11) is 1.57. The van der Waals surface area contributed by atoms with E-state index in [1.807, 2.05) is 25.1 Å². The van der Waals surface area contributed by atoms with Crippen LogP contribution in [0, 0.1) is 6.92 Å². The summed E-state index contributed by atoms with van der Waals surface area (Å²) in [6.07, 6.45) is 1.61. The van der Waals surface area contributed by atoms with E-state index in [1.54, 1.807) is 60.3 Å². The maximum atomic E-state index is 13.5. The van der Waals surface area contributed by atoms with Crippen LogP contribution in [0.4, 0.5) is 0 Å². The van der Waals surface area contributed by atoms with Crippen molar-refractivity contribution in [1.29, 1.82) is 0 Å². The molecule has 5 aromatic rings. The summed E-state index contributed by atoms with van der Waals surface area (Å²) in [6.45, 7) is 1.74. The summed E-state index contributed by atoms with van der Waals surface area (Å²) in [5, 5.41) is 8.56. The van der Waals surface area contributed by atoms with Gasteiger partial charge in [-0.05, 0) is 61.5 Å². The van der Waals surface area contributed by atoms with Crippen LogP contribution < -0.4 is 4.74 Å². The third-order valence-corrected chi connectivity index (χ3v) is 6.24. The smallest absolute Gasteiger partial charge is 0.286 e. The molecule has 0 atom stereocenters. The fraction of sp³-hybridized carbons (Fsp3) is 0.115. The lowest BCUT2D eigenvalue weighted by molar-refractivity contribution is 0.0938. The lowest BCUT2D eigenvalue weighted by atomic mass is 10.0. The molecule has 0 saturated carbocycles. The number of ether oxygens (including phenoxy) is 1. The summed E-state index contributed by atoms with van der Waals surface area (Å²) in [6, 6.07) is 17.9. The molecule has 0 aliphatic heterocycles. The van der Waals surface area contributed by atoms with E-state index in [0.717, 1.165) is 9.99 Å². The zero-order valence-corrected chi connectivity index (χ0v) is 20.4. The van der Waals surface area contributed by atoms with Crippen LogP contribution in [0.1, 0.15) is 32.3 Å². The van der Waals surface area contributed by atoms with E-state index in [2.05, 4.69) is 31.1 Å². The highest BCUT2D eigenvalue weighted by atomic mass is 79.9. The van der Waals surface area contributed by atoms with Crippen molar-refractivity contribution in [1.82, 2.24) is 19.7 Å². The van der Waals surface area contributed by atoms with Gasteiger partial charge in [-0.2, -0.15) is 0 Å².